The molecular weight excluding hydrogens is 306 g/mol. The number of fused-ring (bicyclic) bond motifs is 2. The van der Waals surface area contributed by atoms with Gasteiger partial charge >= 0.3 is 0 Å². The van der Waals surface area contributed by atoms with Crippen LogP contribution in [0.5, 0.6) is 0 Å². The number of morpholine rings is 1. The second-order valence-corrected chi connectivity index (χ2v) is 8.52. The second kappa shape index (κ2) is 5.28. The predicted octanol–water partition coefficient (Wildman–Crippen LogP) is 3.51. The molecule has 0 amide bonds. The van der Waals surface area contributed by atoms with Gasteiger partial charge in [-0.15, -0.1) is 10.2 Å². The molecule has 0 radical (unpaired) electrons. The van der Waals surface area contributed by atoms with Gasteiger partial charge in [-0.05, 0) is 24.0 Å². The smallest absolute Gasteiger partial charge is 0.208 e. The average Bonchev–Trinajstić information content (AvgIpc) is 3.14. The molecule has 2 aliphatic rings. The molecule has 5 heteroatoms. The summed E-state index contributed by atoms with van der Waals surface area (Å²) >= 11 is 1.72. The van der Waals surface area contributed by atoms with Crippen molar-refractivity contribution in [2.45, 2.75) is 44.6 Å². The number of benzene rings is 1. The van der Waals surface area contributed by atoms with Crippen molar-refractivity contribution >= 4 is 16.5 Å². The minimum atomic E-state index is -0.164. The van der Waals surface area contributed by atoms with Gasteiger partial charge < -0.3 is 9.64 Å². The van der Waals surface area contributed by atoms with Gasteiger partial charge in [-0.2, -0.15) is 0 Å². The molecule has 23 heavy (non-hydrogen) atoms. The van der Waals surface area contributed by atoms with Gasteiger partial charge in [0.25, 0.3) is 0 Å². The first-order valence-electron chi connectivity index (χ1n) is 8.29. The Labute approximate surface area is 141 Å². The Balaban J connectivity index is 1.62. The fraction of sp³-hybridized carbons (Fsp3) is 0.556. The van der Waals surface area contributed by atoms with Crippen LogP contribution in [0.4, 0.5) is 5.13 Å². The van der Waals surface area contributed by atoms with Crippen LogP contribution in [0.1, 0.15) is 43.3 Å². The van der Waals surface area contributed by atoms with E-state index in [1.807, 2.05) is 0 Å². The number of ether oxygens (including phenoxy) is 1. The van der Waals surface area contributed by atoms with Crippen LogP contribution in [0.3, 0.4) is 0 Å². The maximum atomic E-state index is 6.29. The average molecular weight is 329 g/mol. The number of hydrogen-bond donors (Lipinski definition) is 0. The largest absolute Gasteiger partial charge is 0.367 e. The van der Waals surface area contributed by atoms with E-state index in [0.29, 0.717) is 0 Å². The van der Waals surface area contributed by atoms with E-state index in [-0.39, 0.29) is 11.0 Å². The van der Waals surface area contributed by atoms with Crippen molar-refractivity contribution in [2.75, 3.05) is 24.6 Å². The van der Waals surface area contributed by atoms with Crippen molar-refractivity contribution in [3.05, 3.63) is 40.4 Å². The molecule has 0 N–H and O–H groups in total. The molecule has 1 aromatic heterocycles. The van der Waals surface area contributed by atoms with E-state index in [1.165, 1.54) is 11.1 Å². The summed E-state index contributed by atoms with van der Waals surface area (Å²) in [6, 6.07) is 8.71. The zero-order valence-corrected chi connectivity index (χ0v) is 14.8. The molecule has 1 saturated heterocycles. The number of aryl methyl sites for hydroxylation is 1. The lowest BCUT2D eigenvalue weighted by Gasteiger charge is -2.41. The van der Waals surface area contributed by atoms with Crippen molar-refractivity contribution in [3.8, 4) is 0 Å². The molecule has 1 fully saturated rings. The summed E-state index contributed by atoms with van der Waals surface area (Å²) in [4.78, 5) is 2.36. The fourth-order valence-electron chi connectivity index (χ4n) is 3.56. The highest BCUT2D eigenvalue weighted by atomic mass is 32.1. The Morgan fingerprint density at radius 2 is 2.04 bits per heavy atom. The van der Waals surface area contributed by atoms with E-state index < -0.39 is 0 Å². The molecule has 2 aromatic rings. The first-order valence-corrected chi connectivity index (χ1v) is 9.11. The van der Waals surface area contributed by atoms with Gasteiger partial charge in [0, 0.05) is 12.0 Å². The SMILES string of the molecule is CC(C)(C)c1nnc(N2CCOC3(CCc4ccccc43)C2)s1. The lowest BCUT2D eigenvalue weighted by atomic mass is 9.94. The first kappa shape index (κ1) is 15.1. The zero-order chi connectivity index (χ0) is 16.1. The van der Waals surface area contributed by atoms with Crippen LogP contribution < -0.4 is 4.90 Å². The summed E-state index contributed by atoms with van der Waals surface area (Å²) in [5.74, 6) is 0. The van der Waals surface area contributed by atoms with E-state index in [9.17, 15) is 0 Å². The number of anilines is 1. The molecule has 0 bridgehead atoms. The molecule has 1 aliphatic heterocycles. The first-order chi connectivity index (χ1) is 11.0. The normalized spacial score (nSPS) is 24.2. The van der Waals surface area contributed by atoms with E-state index >= 15 is 0 Å². The number of rotatable bonds is 1. The fourth-order valence-corrected chi connectivity index (χ4v) is 4.49. The highest BCUT2D eigenvalue weighted by molar-refractivity contribution is 7.15. The maximum Gasteiger partial charge on any atom is 0.208 e. The number of aromatic nitrogens is 2. The third kappa shape index (κ3) is 2.56. The molecule has 4 rings (SSSR count). The van der Waals surface area contributed by atoms with E-state index in [1.54, 1.807) is 11.3 Å². The minimum Gasteiger partial charge on any atom is -0.367 e. The Kier molecular flexibility index (Phi) is 3.46. The zero-order valence-electron chi connectivity index (χ0n) is 14.0. The molecule has 4 nitrogen and oxygen atoms in total. The van der Waals surface area contributed by atoms with Gasteiger partial charge in [0.2, 0.25) is 5.13 Å². The quantitative estimate of drug-likeness (QED) is 0.802. The summed E-state index contributed by atoms with van der Waals surface area (Å²) in [6.45, 7) is 9.08. The molecule has 1 atom stereocenters. The highest BCUT2D eigenvalue weighted by Gasteiger charge is 2.44. The van der Waals surface area contributed by atoms with Gasteiger partial charge in [-0.1, -0.05) is 56.4 Å². The molecule has 122 valence electrons. The van der Waals surface area contributed by atoms with Gasteiger partial charge in [-0.3, -0.25) is 0 Å². The third-order valence-electron chi connectivity index (χ3n) is 4.82. The third-order valence-corrected chi connectivity index (χ3v) is 6.23. The van der Waals surface area contributed by atoms with Gasteiger partial charge in [-0.25, -0.2) is 0 Å². The summed E-state index contributed by atoms with van der Waals surface area (Å²) in [5, 5.41) is 11.0. The molecule has 1 aromatic carbocycles. The summed E-state index contributed by atoms with van der Waals surface area (Å²) in [7, 11) is 0. The van der Waals surface area contributed by atoms with Crippen LogP contribution in [0.25, 0.3) is 0 Å². The number of nitrogens with zero attached hydrogens (tertiary/aromatic N) is 3. The lowest BCUT2D eigenvalue weighted by Crippen LogP contribution is -2.49. The Morgan fingerprint density at radius 1 is 1.22 bits per heavy atom. The molecule has 1 unspecified atom stereocenters. The molecule has 0 saturated carbocycles. The summed E-state index contributed by atoms with van der Waals surface area (Å²) in [5.41, 5.74) is 2.69. The second-order valence-electron chi connectivity index (χ2n) is 7.56. The monoisotopic (exact) mass is 329 g/mol. The van der Waals surface area contributed by atoms with Crippen LogP contribution in [-0.4, -0.2) is 29.9 Å². The standard InChI is InChI=1S/C18H23N3OS/c1-17(2,3)15-19-20-16(23-15)21-10-11-22-18(12-21)9-8-13-6-4-5-7-14(13)18/h4-7H,8-12H2,1-3H3. The maximum absolute atomic E-state index is 6.29. The molecule has 1 spiro atoms. The lowest BCUT2D eigenvalue weighted by molar-refractivity contribution is -0.0592. The van der Waals surface area contributed by atoms with E-state index in [4.69, 9.17) is 4.74 Å². The van der Waals surface area contributed by atoms with Gasteiger partial charge in [0.05, 0.1) is 13.2 Å². The predicted molar refractivity (Wildman–Crippen MR) is 93.2 cm³/mol. The summed E-state index contributed by atoms with van der Waals surface area (Å²) < 4.78 is 6.29. The van der Waals surface area contributed by atoms with Crippen molar-refractivity contribution in [3.63, 3.8) is 0 Å². The topological polar surface area (TPSA) is 38.2 Å². The number of hydrogen-bond acceptors (Lipinski definition) is 5. The van der Waals surface area contributed by atoms with Crippen LogP contribution >= 0.6 is 11.3 Å². The van der Waals surface area contributed by atoms with Crippen molar-refractivity contribution < 1.29 is 4.74 Å². The van der Waals surface area contributed by atoms with Gasteiger partial charge in [0.1, 0.15) is 10.6 Å². The highest BCUT2D eigenvalue weighted by Crippen LogP contribution is 2.43. The van der Waals surface area contributed by atoms with Crippen molar-refractivity contribution in [1.29, 1.82) is 0 Å². The van der Waals surface area contributed by atoms with E-state index in [0.717, 1.165) is 42.7 Å². The van der Waals surface area contributed by atoms with Crippen LogP contribution in [0.15, 0.2) is 24.3 Å². The Morgan fingerprint density at radius 3 is 2.83 bits per heavy atom. The summed E-state index contributed by atoms with van der Waals surface area (Å²) in [6.07, 6.45) is 2.17. The van der Waals surface area contributed by atoms with Crippen molar-refractivity contribution in [1.82, 2.24) is 10.2 Å². The van der Waals surface area contributed by atoms with Gasteiger partial charge in [0.15, 0.2) is 0 Å². The minimum absolute atomic E-state index is 0.0554. The van der Waals surface area contributed by atoms with E-state index in [2.05, 4.69) is 60.1 Å². The van der Waals surface area contributed by atoms with Crippen molar-refractivity contribution in [2.24, 2.45) is 0 Å². The van der Waals surface area contributed by atoms with Crippen LogP contribution in [0, 0.1) is 0 Å². The Bertz CT molecular complexity index is 717. The Hall–Kier alpha value is -1.46. The molecule has 2 heterocycles. The molecular formula is C18H23N3OS. The molecule has 1 aliphatic carbocycles. The van der Waals surface area contributed by atoms with Crippen LogP contribution in [-0.2, 0) is 22.2 Å². The van der Waals surface area contributed by atoms with Crippen LogP contribution in [0.2, 0.25) is 0 Å².